The maximum Gasteiger partial charge on any atom is 0.320 e. The third-order valence-electron chi connectivity index (χ3n) is 4.41. The fourth-order valence-corrected chi connectivity index (χ4v) is 4.73. The van der Waals surface area contributed by atoms with E-state index < -0.39 is 14.7 Å². The molecule has 0 fully saturated rings. The minimum atomic E-state index is -1.09. The van der Waals surface area contributed by atoms with Gasteiger partial charge in [0.2, 0.25) is 11.5 Å². The van der Waals surface area contributed by atoms with E-state index in [1.165, 1.54) is 32.1 Å². The van der Waals surface area contributed by atoms with Gasteiger partial charge in [0.1, 0.15) is 0 Å². The van der Waals surface area contributed by atoms with E-state index in [4.69, 9.17) is 18.6 Å². The molecule has 28 heavy (non-hydrogen) atoms. The Morgan fingerprint density at radius 2 is 1.68 bits per heavy atom. The van der Waals surface area contributed by atoms with E-state index in [0.29, 0.717) is 11.3 Å². The highest BCUT2D eigenvalue weighted by Gasteiger charge is 2.29. The van der Waals surface area contributed by atoms with Crippen LogP contribution < -0.4 is 19.4 Å². The number of rotatable bonds is 8. The predicted molar refractivity (Wildman–Crippen MR) is 111 cm³/mol. The first-order valence-corrected chi connectivity index (χ1v) is 10.1. The first kappa shape index (κ1) is 21.7. The van der Waals surface area contributed by atoms with Crippen molar-refractivity contribution in [2.45, 2.75) is 32.8 Å². The molecule has 7 nitrogen and oxygen atoms in total. The van der Waals surface area contributed by atoms with Gasteiger partial charge in [-0.3, -0.25) is 10.1 Å². The molecule has 0 atom stereocenters. The standard InChI is InChI=1S/C20H27NO6Si/c1-20(2,3)14-9-7-8-10-16(14)28-27-12-13-11-15(24-4)18(25-5)19(26-6)17(13)21(22)23/h7-11H,12,28H2,1-6H3. The monoisotopic (exact) mass is 405 g/mol. The van der Waals surface area contributed by atoms with E-state index in [2.05, 4.69) is 32.9 Å². The zero-order valence-corrected chi connectivity index (χ0v) is 18.6. The summed E-state index contributed by atoms with van der Waals surface area (Å²) >= 11 is 0. The quantitative estimate of drug-likeness (QED) is 0.382. The summed E-state index contributed by atoms with van der Waals surface area (Å²) < 4.78 is 21.8. The van der Waals surface area contributed by atoms with Gasteiger partial charge >= 0.3 is 5.69 Å². The van der Waals surface area contributed by atoms with Crippen LogP contribution in [0.15, 0.2) is 30.3 Å². The Kier molecular flexibility index (Phi) is 7.04. The summed E-state index contributed by atoms with van der Waals surface area (Å²) in [4.78, 5) is 11.2. The van der Waals surface area contributed by atoms with Crippen LogP contribution >= 0.6 is 0 Å². The second kappa shape index (κ2) is 9.07. The Morgan fingerprint density at radius 1 is 1.04 bits per heavy atom. The fraction of sp³-hybridized carbons (Fsp3) is 0.400. The molecule has 0 aliphatic heterocycles. The van der Waals surface area contributed by atoms with Crippen molar-refractivity contribution in [1.82, 2.24) is 0 Å². The molecule has 0 aromatic heterocycles. The normalized spacial score (nSPS) is 11.6. The Bertz CT molecular complexity index is 847. The summed E-state index contributed by atoms with van der Waals surface area (Å²) in [5, 5.41) is 12.9. The molecule has 0 saturated carbocycles. The molecule has 2 aromatic carbocycles. The molecule has 152 valence electrons. The lowest BCUT2D eigenvalue weighted by atomic mass is 9.87. The minimum absolute atomic E-state index is 0.00546. The van der Waals surface area contributed by atoms with Gasteiger partial charge in [-0.25, -0.2) is 0 Å². The summed E-state index contributed by atoms with van der Waals surface area (Å²) in [6.07, 6.45) is 0. The van der Waals surface area contributed by atoms with Crippen molar-refractivity contribution in [3.63, 3.8) is 0 Å². The zero-order valence-electron chi connectivity index (χ0n) is 17.2. The molecule has 2 aromatic rings. The smallest absolute Gasteiger partial charge is 0.320 e. The second-order valence-corrected chi connectivity index (χ2v) is 8.77. The highest BCUT2D eigenvalue weighted by Crippen LogP contribution is 2.46. The Balaban J connectivity index is 2.34. The van der Waals surface area contributed by atoms with E-state index in [0.717, 1.165) is 0 Å². The predicted octanol–water partition coefficient (Wildman–Crippen LogP) is 2.84. The molecule has 8 heteroatoms. The van der Waals surface area contributed by atoms with Crippen LogP contribution in [0.25, 0.3) is 0 Å². The number of hydrogen-bond acceptors (Lipinski definition) is 6. The third kappa shape index (κ3) is 4.63. The SMILES string of the molecule is COc1cc(CO[SiH2]c2ccccc2C(C)(C)C)c([N+](=O)[O-])c(OC)c1OC. The van der Waals surface area contributed by atoms with Gasteiger partial charge in [-0.05, 0) is 22.2 Å². The number of methoxy groups -OCH3 is 3. The van der Waals surface area contributed by atoms with Crippen LogP contribution in [0.5, 0.6) is 17.2 Å². The number of hydrogen-bond donors (Lipinski definition) is 0. The van der Waals surface area contributed by atoms with E-state index in [1.54, 1.807) is 6.07 Å². The third-order valence-corrected chi connectivity index (χ3v) is 5.74. The molecule has 0 heterocycles. The van der Waals surface area contributed by atoms with Gasteiger partial charge in [0.15, 0.2) is 15.5 Å². The summed E-state index contributed by atoms with van der Waals surface area (Å²) in [5.41, 5.74) is 1.46. The molecule has 0 saturated heterocycles. The molecular weight excluding hydrogens is 378 g/mol. The summed E-state index contributed by atoms with van der Waals surface area (Å²) in [6, 6.07) is 9.75. The average molecular weight is 406 g/mol. The van der Waals surface area contributed by atoms with Crippen molar-refractivity contribution in [3.05, 3.63) is 51.6 Å². The molecule has 0 spiro atoms. The summed E-state index contributed by atoms with van der Waals surface area (Å²) in [7, 11) is 3.16. The molecule has 2 rings (SSSR count). The average Bonchev–Trinajstić information content (AvgIpc) is 2.65. The molecule has 0 aliphatic rings. The van der Waals surface area contributed by atoms with E-state index in [1.807, 2.05) is 12.1 Å². The highest BCUT2D eigenvalue weighted by molar-refractivity contribution is 6.47. The van der Waals surface area contributed by atoms with Gasteiger partial charge in [0.05, 0.1) is 38.4 Å². The molecule has 0 radical (unpaired) electrons. The van der Waals surface area contributed by atoms with Crippen LogP contribution in [0.1, 0.15) is 31.9 Å². The topological polar surface area (TPSA) is 80.1 Å². The van der Waals surface area contributed by atoms with E-state index in [9.17, 15) is 10.1 Å². The molecule has 0 N–H and O–H groups in total. The van der Waals surface area contributed by atoms with Crippen molar-refractivity contribution in [3.8, 4) is 17.2 Å². The van der Waals surface area contributed by atoms with Crippen LogP contribution in [0.4, 0.5) is 5.69 Å². The number of nitrogens with zero attached hydrogens (tertiary/aromatic N) is 1. The maximum atomic E-state index is 11.7. The molecule has 0 bridgehead atoms. The van der Waals surface area contributed by atoms with Crippen molar-refractivity contribution >= 4 is 20.6 Å². The van der Waals surface area contributed by atoms with Crippen LogP contribution in [-0.4, -0.2) is 36.0 Å². The van der Waals surface area contributed by atoms with Gasteiger partial charge in [-0.1, -0.05) is 45.0 Å². The lowest BCUT2D eigenvalue weighted by molar-refractivity contribution is -0.386. The molecular formula is C20H27NO6Si. The zero-order chi connectivity index (χ0) is 20.9. The largest absolute Gasteiger partial charge is 0.493 e. The van der Waals surface area contributed by atoms with Crippen molar-refractivity contribution in [2.24, 2.45) is 0 Å². The Morgan fingerprint density at radius 3 is 2.21 bits per heavy atom. The van der Waals surface area contributed by atoms with Gasteiger partial charge in [0, 0.05) is 0 Å². The van der Waals surface area contributed by atoms with Crippen LogP contribution in [0, 0.1) is 10.1 Å². The van der Waals surface area contributed by atoms with Crippen LogP contribution in [0.3, 0.4) is 0 Å². The second-order valence-electron chi connectivity index (χ2n) is 7.31. The maximum absolute atomic E-state index is 11.7. The summed E-state index contributed by atoms with van der Waals surface area (Å²) in [6.45, 7) is 6.57. The first-order valence-electron chi connectivity index (χ1n) is 8.87. The van der Waals surface area contributed by atoms with Gasteiger partial charge in [-0.15, -0.1) is 0 Å². The van der Waals surface area contributed by atoms with Gasteiger partial charge < -0.3 is 18.6 Å². The minimum Gasteiger partial charge on any atom is -0.493 e. The van der Waals surface area contributed by atoms with Gasteiger partial charge in [-0.2, -0.15) is 0 Å². The molecule has 0 aliphatic carbocycles. The van der Waals surface area contributed by atoms with E-state index >= 15 is 0 Å². The fourth-order valence-electron chi connectivity index (χ4n) is 3.15. The number of benzene rings is 2. The molecule has 0 unspecified atom stereocenters. The summed E-state index contributed by atoms with van der Waals surface area (Å²) in [5.74, 6) is 0.582. The number of nitro groups is 1. The Labute approximate surface area is 167 Å². The van der Waals surface area contributed by atoms with Crippen LogP contribution in [0.2, 0.25) is 0 Å². The van der Waals surface area contributed by atoms with Crippen LogP contribution in [-0.2, 0) is 16.4 Å². The number of ether oxygens (including phenoxy) is 3. The van der Waals surface area contributed by atoms with Crippen molar-refractivity contribution in [2.75, 3.05) is 21.3 Å². The highest BCUT2D eigenvalue weighted by atomic mass is 28.2. The number of nitro benzene ring substituents is 1. The molecule has 0 amide bonds. The Hall–Kier alpha value is -2.58. The van der Waals surface area contributed by atoms with Crippen molar-refractivity contribution in [1.29, 1.82) is 0 Å². The first-order chi connectivity index (χ1) is 13.2. The lowest BCUT2D eigenvalue weighted by Crippen LogP contribution is -2.29. The van der Waals surface area contributed by atoms with Crippen molar-refractivity contribution < 1.29 is 23.6 Å². The lowest BCUT2D eigenvalue weighted by Gasteiger charge is -2.22. The van der Waals surface area contributed by atoms with Gasteiger partial charge in [0.25, 0.3) is 0 Å². The van der Waals surface area contributed by atoms with E-state index in [-0.39, 0.29) is 29.2 Å².